The van der Waals surface area contributed by atoms with Crippen molar-refractivity contribution in [1.82, 2.24) is 16.0 Å². The molecule has 4 aliphatic rings. The summed E-state index contributed by atoms with van der Waals surface area (Å²) in [5, 5.41) is 81.5. The van der Waals surface area contributed by atoms with Gasteiger partial charge in [-0.25, -0.2) is 4.79 Å². The Morgan fingerprint density at radius 1 is 0.844 bits per heavy atom. The summed E-state index contributed by atoms with van der Waals surface area (Å²) >= 11 is 0. The standard InChI is InChI=1S/C44H67N3O17/c1-4-25-19-27(40(56)45-16-17-46-41(57)28-13-9-8-12-26(28)14-15-32(50)51)20-29(38(25)64-44-37(55)36(54)34(52)22(2)60-44)62-43-33(47-23(3)49)39(35(53)31(21-48)63-43)61-30(42(58)59)18-24-10-6-5-7-11-24/h8-9,12-13,22,24-25,27,29-31,33-39,43-44,48,52-55H,4-7,10-11,14-21H2,1-3H3,(H,45,56)(H,46,57)(H,47,49)(H,50,51)(H,58,59)/t22?,25?,27?,29-,30+,31?,33?,34-,35+,36?,37?,38?,39?,43-,44+/m1/s1. The predicted octanol–water partition coefficient (Wildman–Crippen LogP) is -0.0245. The Labute approximate surface area is 372 Å². The number of amides is 3. The highest BCUT2D eigenvalue weighted by atomic mass is 16.7. The molecule has 360 valence electrons. The van der Waals surface area contributed by atoms with Crippen molar-refractivity contribution < 1.29 is 83.4 Å². The van der Waals surface area contributed by atoms with E-state index in [-0.39, 0.29) is 51.1 Å². The van der Waals surface area contributed by atoms with Crippen molar-refractivity contribution >= 4 is 29.7 Å². The van der Waals surface area contributed by atoms with Crippen LogP contribution >= 0.6 is 0 Å². The Bertz CT molecular complexity index is 1710. The van der Waals surface area contributed by atoms with Gasteiger partial charge in [0, 0.05) is 37.9 Å². The quantitative estimate of drug-likeness (QED) is 0.0769. The lowest BCUT2D eigenvalue weighted by Crippen LogP contribution is -2.67. The van der Waals surface area contributed by atoms with Gasteiger partial charge >= 0.3 is 11.9 Å². The van der Waals surface area contributed by atoms with E-state index in [9.17, 15) is 54.6 Å². The number of rotatable bonds is 20. The molecule has 0 radical (unpaired) electrons. The number of aryl methyl sites for hydroxylation is 1. The monoisotopic (exact) mass is 909 g/mol. The third-order valence-electron chi connectivity index (χ3n) is 12.9. The molecule has 2 heterocycles. The average Bonchev–Trinajstić information content (AvgIpc) is 3.27. The topological polar surface area (TPSA) is 309 Å². The molecule has 3 amide bonds. The smallest absolute Gasteiger partial charge is 0.332 e. The first-order chi connectivity index (χ1) is 30.5. The first kappa shape index (κ1) is 51.2. The van der Waals surface area contributed by atoms with Crippen LogP contribution in [0.1, 0.15) is 101 Å². The van der Waals surface area contributed by atoms with Crippen molar-refractivity contribution in [1.29, 1.82) is 0 Å². The molecular formula is C44H67N3O17. The molecule has 2 saturated carbocycles. The Hall–Kier alpha value is -3.83. The lowest BCUT2D eigenvalue weighted by atomic mass is 9.75. The maximum atomic E-state index is 13.9. The first-order valence-corrected chi connectivity index (χ1v) is 22.5. The zero-order valence-corrected chi connectivity index (χ0v) is 36.7. The van der Waals surface area contributed by atoms with Crippen molar-refractivity contribution in [3.63, 3.8) is 0 Å². The number of hydrogen-bond acceptors (Lipinski definition) is 15. The van der Waals surface area contributed by atoms with E-state index in [4.69, 9.17) is 28.8 Å². The fourth-order valence-electron chi connectivity index (χ4n) is 9.38. The molecule has 20 nitrogen and oxygen atoms in total. The van der Waals surface area contributed by atoms with Gasteiger partial charge in [-0.3, -0.25) is 19.2 Å². The second-order valence-electron chi connectivity index (χ2n) is 17.5. The van der Waals surface area contributed by atoms with Gasteiger partial charge in [0.15, 0.2) is 18.7 Å². The third-order valence-corrected chi connectivity index (χ3v) is 12.9. The zero-order chi connectivity index (χ0) is 46.7. The number of carbonyl (C=O) groups is 5. The van der Waals surface area contributed by atoms with Gasteiger partial charge in [0.25, 0.3) is 5.91 Å². The highest BCUT2D eigenvalue weighted by Gasteiger charge is 2.53. The number of aliphatic hydroxyl groups excluding tert-OH is 5. The zero-order valence-electron chi connectivity index (χ0n) is 36.7. The summed E-state index contributed by atoms with van der Waals surface area (Å²) in [6, 6.07) is 5.30. The molecule has 2 aliphatic heterocycles. The number of nitrogens with one attached hydrogen (secondary N) is 3. The molecule has 1 aromatic rings. The number of aliphatic carboxylic acids is 2. The van der Waals surface area contributed by atoms with E-state index in [0.29, 0.717) is 17.5 Å². The molecular weight excluding hydrogens is 842 g/mol. The summed E-state index contributed by atoms with van der Waals surface area (Å²) in [6.45, 7) is 3.87. The van der Waals surface area contributed by atoms with Crippen LogP contribution in [0.4, 0.5) is 0 Å². The van der Waals surface area contributed by atoms with Gasteiger partial charge in [-0.15, -0.1) is 0 Å². The maximum Gasteiger partial charge on any atom is 0.332 e. The maximum absolute atomic E-state index is 13.9. The molecule has 0 aromatic heterocycles. The van der Waals surface area contributed by atoms with Gasteiger partial charge < -0.3 is 75.4 Å². The average molecular weight is 910 g/mol. The SMILES string of the molecule is CCC1CC(C(=O)NCCNC(=O)c2ccccc2CCC(=O)O)C[C@@H](O[C@@H]2OC(CO)[C@H](O)C(O[C@@H](CC3CCCCC3)C(=O)O)C2NC(C)=O)C1O[C@@H]1OC(C)[C@@H](O)C(O)C1O. The normalized spacial score (nSPS) is 34.0. The molecule has 2 aliphatic carbocycles. The van der Waals surface area contributed by atoms with Crippen LogP contribution in [-0.4, -0.2) is 165 Å². The molecule has 2 saturated heterocycles. The number of benzene rings is 1. The summed E-state index contributed by atoms with van der Waals surface area (Å²) in [5.41, 5.74) is 0.881. The molecule has 9 unspecified atom stereocenters. The minimum absolute atomic E-state index is 0.0256. The highest BCUT2D eigenvalue weighted by molar-refractivity contribution is 5.95. The van der Waals surface area contributed by atoms with Crippen LogP contribution in [-0.2, 0) is 49.3 Å². The van der Waals surface area contributed by atoms with E-state index < -0.39 is 128 Å². The van der Waals surface area contributed by atoms with Gasteiger partial charge in [-0.05, 0) is 56.1 Å². The fourth-order valence-corrected chi connectivity index (χ4v) is 9.38. The number of ether oxygens (including phenoxy) is 5. The van der Waals surface area contributed by atoms with Crippen LogP contribution < -0.4 is 16.0 Å². The number of hydrogen-bond donors (Lipinski definition) is 10. The molecule has 64 heavy (non-hydrogen) atoms. The summed E-state index contributed by atoms with van der Waals surface area (Å²) in [4.78, 5) is 63.5. The molecule has 5 rings (SSSR count). The molecule has 4 fully saturated rings. The second kappa shape index (κ2) is 24.1. The van der Waals surface area contributed by atoms with Crippen LogP contribution in [0.15, 0.2) is 24.3 Å². The van der Waals surface area contributed by atoms with E-state index in [0.717, 1.165) is 32.1 Å². The number of aliphatic hydroxyl groups is 5. The van der Waals surface area contributed by atoms with Crippen LogP contribution in [0.5, 0.6) is 0 Å². The Kier molecular flexibility index (Phi) is 19.3. The van der Waals surface area contributed by atoms with E-state index in [1.54, 1.807) is 24.3 Å². The van der Waals surface area contributed by atoms with Crippen molar-refractivity contribution in [2.45, 2.75) is 171 Å². The highest BCUT2D eigenvalue weighted by Crippen LogP contribution is 2.40. The van der Waals surface area contributed by atoms with E-state index in [2.05, 4.69) is 16.0 Å². The Morgan fingerprint density at radius 2 is 1.55 bits per heavy atom. The molecule has 1 aromatic carbocycles. The van der Waals surface area contributed by atoms with Gasteiger partial charge in [-0.1, -0.05) is 63.6 Å². The Balaban J connectivity index is 1.37. The number of carboxylic acid groups (broad SMARTS) is 2. The minimum atomic E-state index is -1.69. The molecule has 10 N–H and O–H groups in total. The van der Waals surface area contributed by atoms with Crippen LogP contribution in [0.3, 0.4) is 0 Å². The molecule has 15 atom stereocenters. The Morgan fingerprint density at radius 3 is 2.20 bits per heavy atom. The van der Waals surface area contributed by atoms with Crippen molar-refractivity contribution in [2.24, 2.45) is 17.8 Å². The van der Waals surface area contributed by atoms with Gasteiger partial charge in [0.05, 0.1) is 24.9 Å². The van der Waals surface area contributed by atoms with Gasteiger partial charge in [0.2, 0.25) is 11.8 Å². The largest absolute Gasteiger partial charge is 0.481 e. The summed E-state index contributed by atoms with van der Waals surface area (Å²) in [5.74, 6) is -4.86. The lowest BCUT2D eigenvalue weighted by molar-refractivity contribution is -0.338. The molecule has 20 heteroatoms. The summed E-state index contributed by atoms with van der Waals surface area (Å²) in [6.07, 6.45) is -11.3. The molecule has 0 bridgehead atoms. The van der Waals surface area contributed by atoms with Crippen molar-refractivity contribution in [3.8, 4) is 0 Å². The summed E-state index contributed by atoms with van der Waals surface area (Å²) in [7, 11) is 0. The van der Waals surface area contributed by atoms with Crippen LogP contribution in [0.2, 0.25) is 0 Å². The lowest BCUT2D eigenvalue weighted by Gasteiger charge is -2.49. The van der Waals surface area contributed by atoms with E-state index >= 15 is 0 Å². The predicted molar refractivity (Wildman–Crippen MR) is 223 cm³/mol. The fraction of sp³-hybridized carbons (Fsp3) is 0.750. The number of carboxylic acids is 2. The van der Waals surface area contributed by atoms with Crippen molar-refractivity contribution in [2.75, 3.05) is 19.7 Å². The number of carbonyl (C=O) groups excluding carboxylic acids is 3. The van der Waals surface area contributed by atoms with Gasteiger partial charge in [0.1, 0.15) is 42.7 Å². The first-order valence-electron chi connectivity index (χ1n) is 22.5. The van der Waals surface area contributed by atoms with Crippen molar-refractivity contribution in [3.05, 3.63) is 35.4 Å². The minimum Gasteiger partial charge on any atom is -0.481 e. The third kappa shape index (κ3) is 13.4. The van der Waals surface area contributed by atoms with Crippen LogP contribution in [0.25, 0.3) is 0 Å². The van der Waals surface area contributed by atoms with E-state index in [1.165, 1.54) is 13.8 Å². The summed E-state index contributed by atoms with van der Waals surface area (Å²) < 4.78 is 31.1. The second-order valence-corrected chi connectivity index (χ2v) is 17.5. The van der Waals surface area contributed by atoms with Gasteiger partial charge in [-0.2, -0.15) is 0 Å². The van der Waals surface area contributed by atoms with E-state index in [1.807, 2.05) is 6.92 Å². The van der Waals surface area contributed by atoms with Crippen LogP contribution in [0, 0.1) is 17.8 Å². The molecule has 0 spiro atoms.